The van der Waals surface area contributed by atoms with Crippen molar-refractivity contribution in [3.05, 3.63) is 47.5 Å². The molecule has 2 fully saturated rings. The molecule has 1 aliphatic heterocycles. The Kier molecular flexibility index (Phi) is 5.19. The lowest BCUT2D eigenvalue weighted by molar-refractivity contribution is -0.124. The molecule has 2 aromatic carbocycles. The molecule has 152 valence electrons. The van der Waals surface area contributed by atoms with Gasteiger partial charge in [-0.15, -0.1) is 0 Å². The highest BCUT2D eigenvalue weighted by atomic mass is 16.2. The third-order valence-corrected chi connectivity index (χ3v) is 5.58. The molecule has 1 aliphatic carbocycles. The number of nitriles is 1. The summed E-state index contributed by atoms with van der Waals surface area (Å²) in [6.07, 6.45) is 2.42. The number of urea groups is 1. The maximum Gasteiger partial charge on any atom is 0.327 e. The molecular weight excluding hydrogens is 380 g/mol. The van der Waals surface area contributed by atoms with Crippen molar-refractivity contribution in [2.75, 3.05) is 25.5 Å². The van der Waals surface area contributed by atoms with Crippen LogP contribution in [0.2, 0.25) is 0 Å². The number of benzene rings is 2. The summed E-state index contributed by atoms with van der Waals surface area (Å²) >= 11 is 0. The lowest BCUT2D eigenvalue weighted by atomic mass is 9.97. The fraction of sp³-hybridized carbons (Fsp3) is 0.318. The quantitative estimate of drug-likeness (QED) is 0.536. The van der Waals surface area contributed by atoms with E-state index in [-0.39, 0.29) is 18.5 Å². The standard InChI is InChI=1S/C22H22N6O2/c1-27-20(29)13-28(22(27)30)12-15-4-6-16(7-5-15)17-8-9-19(25-11-14-2-3-14)21(26-24)18(17)10-23/h4-9,14,24-25H,2-3,11-13H2,1H3. The van der Waals surface area contributed by atoms with Crippen LogP contribution in [0.25, 0.3) is 11.1 Å². The van der Waals surface area contributed by atoms with Crippen molar-refractivity contribution in [3.8, 4) is 17.2 Å². The molecule has 4 rings (SSSR count). The van der Waals surface area contributed by atoms with Crippen LogP contribution in [0.5, 0.6) is 0 Å². The second-order valence-electron chi connectivity index (χ2n) is 7.72. The molecular formula is C22H22N6O2. The highest BCUT2D eigenvalue weighted by molar-refractivity contribution is 6.01. The molecule has 8 heteroatoms. The van der Waals surface area contributed by atoms with E-state index in [9.17, 15) is 14.9 Å². The Morgan fingerprint density at radius 3 is 2.50 bits per heavy atom. The van der Waals surface area contributed by atoms with Crippen molar-refractivity contribution in [1.29, 1.82) is 10.8 Å². The van der Waals surface area contributed by atoms with Gasteiger partial charge < -0.3 is 10.2 Å². The number of amides is 3. The van der Waals surface area contributed by atoms with Gasteiger partial charge in [0.1, 0.15) is 18.3 Å². The van der Waals surface area contributed by atoms with Crippen LogP contribution in [0.4, 0.5) is 16.2 Å². The topological polar surface area (TPSA) is 113 Å². The van der Waals surface area contributed by atoms with Gasteiger partial charge in [0, 0.05) is 25.7 Å². The summed E-state index contributed by atoms with van der Waals surface area (Å²) < 4.78 is 0. The van der Waals surface area contributed by atoms with E-state index in [0.717, 1.165) is 22.6 Å². The molecule has 0 radical (unpaired) electrons. The van der Waals surface area contributed by atoms with E-state index >= 15 is 0 Å². The van der Waals surface area contributed by atoms with E-state index in [2.05, 4.69) is 16.5 Å². The maximum absolute atomic E-state index is 12.1. The minimum absolute atomic E-state index is 0.0827. The number of rotatable bonds is 7. The van der Waals surface area contributed by atoms with Crippen LogP contribution in [-0.2, 0) is 11.3 Å². The van der Waals surface area contributed by atoms with Crippen LogP contribution in [0.15, 0.2) is 41.5 Å². The summed E-state index contributed by atoms with van der Waals surface area (Å²) in [4.78, 5) is 26.3. The number of nitrogens with zero attached hydrogens (tertiary/aromatic N) is 4. The Morgan fingerprint density at radius 2 is 1.93 bits per heavy atom. The van der Waals surface area contributed by atoms with Gasteiger partial charge in [0.25, 0.3) is 0 Å². The number of nitrogens with one attached hydrogen (secondary N) is 2. The highest BCUT2D eigenvalue weighted by Gasteiger charge is 2.32. The molecule has 0 aromatic heterocycles. The average molecular weight is 402 g/mol. The van der Waals surface area contributed by atoms with Gasteiger partial charge in [-0.25, -0.2) is 10.3 Å². The van der Waals surface area contributed by atoms with Crippen molar-refractivity contribution < 1.29 is 9.59 Å². The molecule has 1 saturated heterocycles. The maximum atomic E-state index is 12.1. The van der Waals surface area contributed by atoms with Crippen LogP contribution >= 0.6 is 0 Å². The second kappa shape index (κ2) is 7.95. The van der Waals surface area contributed by atoms with Crippen LogP contribution in [0.3, 0.4) is 0 Å². The lowest BCUT2D eigenvalue weighted by Gasteiger charge is -2.16. The number of likely N-dealkylation sites (N-methyl/N-ethyl adjacent to an activating group) is 1. The lowest BCUT2D eigenvalue weighted by Crippen LogP contribution is -2.29. The molecule has 2 aromatic rings. The minimum atomic E-state index is -0.299. The highest BCUT2D eigenvalue weighted by Crippen LogP contribution is 2.38. The summed E-state index contributed by atoms with van der Waals surface area (Å²) in [6.45, 7) is 1.26. The van der Waals surface area contributed by atoms with Gasteiger partial charge >= 0.3 is 6.03 Å². The fourth-order valence-corrected chi connectivity index (χ4v) is 3.57. The van der Waals surface area contributed by atoms with Gasteiger partial charge in [-0.1, -0.05) is 30.3 Å². The van der Waals surface area contributed by atoms with Crippen molar-refractivity contribution in [2.24, 2.45) is 11.0 Å². The van der Waals surface area contributed by atoms with Crippen LogP contribution < -0.4 is 5.32 Å². The first-order valence-corrected chi connectivity index (χ1v) is 9.85. The first-order valence-electron chi connectivity index (χ1n) is 9.85. The van der Waals surface area contributed by atoms with Crippen molar-refractivity contribution >= 4 is 23.3 Å². The fourth-order valence-electron chi connectivity index (χ4n) is 3.57. The molecule has 0 bridgehead atoms. The molecule has 1 heterocycles. The molecule has 0 spiro atoms. The number of carbonyl (C=O) groups excluding carboxylic acids is 2. The number of imide groups is 1. The Morgan fingerprint density at radius 1 is 1.20 bits per heavy atom. The summed E-state index contributed by atoms with van der Waals surface area (Å²) in [5, 5.41) is 16.7. The Balaban J connectivity index is 1.56. The monoisotopic (exact) mass is 402 g/mol. The van der Waals surface area contributed by atoms with Crippen LogP contribution in [0, 0.1) is 22.8 Å². The van der Waals surface area contributed by atoms with Gasteiger partial charge in [0.05, 0.1) is 11.3 Å². The van der Waals surface area contributed by atoms with Gasteiger partial charge in [-0.3, -0.25) is 9.69 Å². The first-order chi connectivity index (χ1) is 14.5. The number of hydrogen-bond acceptors (Lipinski definition) is 6. The molecule has 30 heavy (non-hydrogen) atoms. The van der Waals surface area contributed by atoms with Crippen molar-refractivity contribution in [2.45, 2.75) is 19.4 Å². The zero-order chi connectivity index (χ0) is 21.3. The zero-order valence-electron chi connectivity index (χ0n) is 16.7. The SMILES string of the molecule is CN1C(=O)CN(Cc2ccc(-c3ccc(NCC4CC4)c(N=N)c3C#N)cc2)C1=O. The minimum Gasteiger partial charge on any atom is -0.383 e. The summed E-state index contributed by atoms with van der Waals surface area (Å²) in [5.74, 6) is 0.455. The van der Waals surface area contributed by atoms with Crippen LogP contribution in [-0.4, -0.2) is 41.9 Å². The smallest absolute Gasteiger partial charge is 0.327 e. The van der Waals surface area contributed by atoms with Gasteiger partial charge in [-0.2, -0.15) is 10.4 Å². The third kappa shape index (κ3) is 3.74. The van der Waals surface area contributed by atoms with E-state index in [0.29, 0.717) is 35.0 Å². The second-order valence-corrected chi connectivity index (χ2v) is 7.72. The molecule has 0 atom stereocenters. The normalized spacial score (nSPS) is 16.0. The molecule has 0 unspecified atom stereocenters. The third-order valence-electron chi connectivity index (χ3n) is 5.58. The first kappa shape index (κ1) is 19.6. The predicted molar refractivity (Wildman–Crippen MR) is 111 cm³/mol. The molecule has 3 amide bonds. The van der Waals surface area contributed by atoms with Gasteiger partial charge in [0.2, 0.25) is 5.91 Å². The van der Waals surface area contributed by atoms with Gasteiger partial charge in [0.15, 0.2) is 0 Å². The molecule has 2 N–H and O–H groups in total. The molecule has 8 nitrogen and oxygen atoms in total. The van der Waals surface area contributed by atoms with Gasteiger partial charge in [-0.05, 0) is 36.0 Å². The average Bonchev–Trinajstić information content (AvgIpc) is 3.56. The summed E-state index contributed by atoms with van der Waals surface area (Å²) in [5.41, 5.74) is 11.4. The van der Waals surface area contributed by atoms with E-state index in [1.54, 1.807) is 0 Å². The van der Waals surface area contributed by atoms with Crippen molar-refractivity contribution in [3.63, 3.8) is 0 Å². The molecule has 2 aliphatic rings. The summed E-state index contributed by atoms with van der Waals surface area (Å²) in [7, 11) is 1.48. The Labute approximate surface area is 174 Å². The predicted octanol–water partition coefficient (Wildman–Crippen LogP) is 4.10. The number of hydrogen-bond donors (Lipinski definition) is 2. The van der Waals surface area contributed by atoms with E-state index in [1.165, 1.54) is 24.8 Å². The number of anilines is 1. The Bertz CT molecular complexity index is 1050. The largest absolute Gasteiger partial charge is 0.383 e. The van der Waals surface area contributed by atoms with Crippen LogP contribution in [0.1, 0.15) is 24.0 Å². The van der Waals surface area contributed by atoms with Crippen molar-refractivity contribution in [1.82, 2.24) is 9.80 Å². The summed E-state index contributed by atoms with van der Waals surface area (Å²) in [6, 6.07) is 13.1. The number of carbonyl (C=O) groups is 2. The van der Waals surface area contributed by atoms with E-state index < -0.39 is 0 Å². The molecule has 1 saturated carbocycles. The Hall–Kier alpha value is -3.73. The van der Waals surface area contributed by atoms with E-state index in [1.807, 2.05) is 36.4 Å². The van der Waals surface area contributed by atoms with E-state index in [4.69, 9.17) is 5.53 Å². The zero-order valence-corrected chi connectivity index (χ0v) is 16.7.